The van der Waals surface area contributed by atoms with Crippen molar-refractivity contribution in [3.63, 3.8) is 0 Å². The van der Waals surface area contributed by atoms with Gasteiger partial charge in [-0.2, -0.15) is 13.2 Å². The highest BCUT2D eigenvalue weighted by Crippen LogP contribution is 2.29. The number of carbonyl (C=O) groups is 1. The fraction of sp³-hybridized carbons (Fsp3) is 0.0833. The van der Waals surface area contributed by atoms with Crippen molar-refractivity contribution in [3.8, 4) is 0 Å². The predicted molar refractivity (Wildman–Crippen MR) is 123 cm³/mol. The van der Waals surface area contributed by atoms with Crippen LogP contribution in [0.1, 0.15) is 21.7 Å². The predicted octanol–water partition coefficient (Wildman–Crippen LogP) is 5.94. The van der Waals surface area contributed by atoms with E-state index in [2.05, 4.69) is 30.9 Å². The minimum absolute atomic E-state index is 0.0820. The third kappa shape index (κ3) is 5.85. The topological polar surface area (TPSA) is 91.8 Å². The molecular formula is C24H19F3N6O. The number of carbonyl (C=O) groups excluding carboxylic acids is 1. The van der Waals surface area contributed by atoms with Gasteiger partial charge in [0.15, 0.2) is 0 Å². The van der Waals surface area contributed by atoms with Crippen molar-refractivity contribution >= 4 is 34.7 Å². The minimum atomic E-state index is -4.52. The van der Waals surface area contributed by atoms with Gasteiger partial charge in [0.25, 0.3) is 5.91 Å². The van der Waals surface area contributed by atoms with Gasteiger partial charge in [0.2, 0.25) is 0 Å². The summed E-state index contributed by atoms with van der Waals surface area (Å²) in [4.78, 5) is 25.3. The second kappa shape index (κ2) is 9.57. The van der Waals surface area contributed by atoms with Crippen LogP contribution in [0.5, 0.6) is 0 Å². The largest absolute Gasteiger partial charge is 0.416 e. The van der Waals surface area contributed by atoms with E-state index < -0.39 is 17.6 Å². The Kier molecular flexibility index (Phi) is 6.39. The average Bonchev–Trinajstić information content (AvgIpc) is 2.80. The molecule has 2 aromatic heterocycles. The Hall–Kier alpha value is -4.47. The number of amides is 1. The maximum atomic E-state index is 12.9. The summed E-state index contributed by atoms with van der Waals surface area (Å²) in [5.74, 6) is 1.68. The van der Waals surface area contributed by atoms with Crippen LogP contribution >= 0.6 is 0 Å². The molecule has 0 aliphatic heterocycles. The smallest absolute Gasteiger partial charge is 0.340 e. The molecule has 0 atom stereocenters. The van der Waals surface area contributed by atoms with Gasteiger partial charge in [-0.25, -0.2) is 15.0 Å². The van der Waals surface area contributed by atoms with Gasteiger partial charge in [0, 0.05) is 29.2 Å². The van der Waals surface area contributed by atoms with Gasteiger partial charge < -0.3 is 16.0 Å². The van der Waals surface area contributed by atoms with E-state index in [4.69, 9.17) is 0 Å². The third-order valence-corrected chi connectivity index (χ3v) is 4.63. The van der Waals surface area contributed by atoms with E-state index >= 15 is 0 Å². The molecule has 0 saturated carbocycles. The van der Waals surface area contributed by atoms with E-state index in [1.807, 2.05) is 18.2 Å². The summed E-state index contributed by atoms with van der Waals surface area (Å²) in [5, 5.41) is 8.87. The number of nitrogens with zero attached hydrogens (tertiary/aromatic N) is 3. The molecule has 0 bridgehead atoms. The number of anilines is 5. The molecule has 10 heteroatoms. The molecule has 0 unspecified atom stereocenters. The average molecular weight is 464 g/mol. The van der Waals surface area contributed by atoms with Crippen molar-refractivity contribution in [2.75, 3.05) is 16.0 Å². The zero-order valence-electron chi connectivity index (χ0n) is 17.9. The number of hydrogen-bond donors (Lipinski definition) is 3. The van der Waals surface area contributed by atoms with Gasteiger partial charge in [0.1, 0.15) is 23.3 Å². The highest BCUT2D eigenvalue weighted by Gasteiger charge is 2.30. The highest BCUT2D eigenvalue weighted by atomic mass is 19.4. The van der Waals surface area contributed by atoms with Crippen LogP contribution in [0.25, 0.3) is 0 Å². The number of pyridine rings is 1. The summed E-state index contributed by atoms with van der Waals surface area (Å²) in [6.45, 7) is 1.77. The zero-order valence-corrected chi connectivity index (χ0v) is 17.9. The Morgan fingerprint density at radius 3 is 2.18 bits per heavy atom. The van der Waals surface area contributed by atoms with Crippen molar-refractivity contribution in [2.45, 2.75) is 13.1 Å². The number of aryl methyl sites for hydroxylation is 1. The second-order valence-electron chi connectivity index (χ2n) is 7.26. The Labute approximate surface area is 193 Å². The van der Waals surface area contributed by atoms with E-state index in [0.29, 0.717) is 34.7 Å². The molecule has 2 aromatic carbocycles. The van der Waals surface area contributed by atoms with Gasteiger partial charge in [-0.05, 0) is 61.5 Å². The molecule has 0 spiro atoms. The minimum Gasteiger partial charge on any atom is -0.340 e. The zero-order chi connectivity index (χ0) is 24.1. The van der Waals surface area contributed by atoms with Crippen LogP contribution in [-0.4, -0.2) is 20.9 Å². The number of hydrogen-bond acceptors (Lipinski definition) is 6. The third-order valence-electron chi connectivity index (χ3n) is 4.63. The molecule has 0 saturated heterocycles. The Balaban J connectivity index is 1.43. The van der Waals surface area contributed by atoms with Crippen molar-refractivity contribution in [1.29, 1.82) is 0 Å². The van der Waals surface area contributed by atoms with Crippen LogP contribution in [0, 0.1) is 6.92 Å². The normalized spacial score (nSPS) is 11.1. The first-order valence-electron chi connectivity index (χ1n) is 10.2. The molecule has 1 amide bonds. The molecule has 34 heavy (non-hydrogen) atoms. The monoisotopic (exact) mass is 464 g/mol. The van der Waals surface area contributed by atoms with Gasteiger partial charge in [-0.3, -0.25) is 4.79 Å². The van der Waals surface area contributed by atoms with Crippen LogP contribution in [0.4, 0.5) is 42.0 Å². The number of aromatic nitrogens is 3. The van der Waals surface area contributed by atoms with E-state index in [-0.39, 0.29) is 5.56 Å². The maximum Gasteiger partial charge on any atom is 0.416 e. The summed E-state index contributed by atoms with van der Waals surface area (Å²) in [6, 6.07) is 18.2. The maximum absolute atomic E-state index is 12.9. The fourth-order valence-corrected chi connectivity index (χ4v) is 3.09. The molecular weight excluding hydrogens is 445 g/mol. The fourth-order valence-electron chi connectivity index (χ4n) is 3.09. The number of benzene rings is 2. The number of alkyl halides is 3. The molecule has 0 fully saturated rings. The lowest BCUT2D eigenvalue weighted by molar-refractivity contribution is -0.137. The number of nitrogens with one attached hydrogen (secondary N) is 3. The summed E-state index contributed by atoms with van der Waals surface area (Å²) < 4.78 is 38.7. The molecule has 3 N–H and O–H groups in total. The molecule has 2 heterocycles. The molecule has 0 aliphatic rings. The van der Waals surface area contributed by atoms with Gasteiger partial charge in [-0.1, -0.05) is 12.1 Å². The first-order valence-corrected chi connectivity index (χ1v) is 10.2. The van der Waals surface area contributed by atoms with Gasteiger partial charge >= 0.3 is 6.18 Å². The van der Waals surface area contributed by atoms with Gasteiger partial charge in [-0.15, -0.1) is 0 Å². The summed E-state index contributed by atoms with van der Waals surface area (Å²) in [5.41, 5.74) is 0.168. The van der Waals surface area contributed by atoms with E-state index in [0.717, 1.165) is 12.1 Å². The van der Waals surface area contributed by atoms with Crippen LogP contribution in [0.3, 0.4) is 0 Å². The van der Waals surface area contributed by atoms with E-state index in [1.165, 1.54) is 12.1 Å². The summed E-state index contributed by atoms with van der Waals surface area (Å²) in [7, 11) is 0. The number of rotatable bonds is 6. The summed E-state index contributed by atoms with van der Waals surface area (Å²) >= 11 is 0. The lowest BCUT2D eigenvalue weighted by Gasteiger charge is -2.11. The van der Waals surface area contributed by atoms with Crippen molar-refractivity contribution in [3.05, 3.63) is 95.9 Å². The molecule has 0 aliphatic carbocycles. The lowest BCUT2D eigenvalue weighted by Crippen LogP contribution is -2.13. The van der Waals surface area contributed by atoms with Crippen molar-refractivity contribution < 1.29 is 18.0 Å². The second-order valence-corrected chi connectivity index (χ2v) is 7.26. The van der Waals surface area contributed by atoms with Crippen LogP contribution in [-0.2, 0) is 6.18 Å². The lowest BCUT2D eigenvalue weighted by atomic mass is 10.1. The first-order chi connectivity index (χ1) is 16.3. The van der Waals surface area contributed by atoms with Crippen molar-refractivity contribution in [2.24, 2.45) is 0 Å². The molecule has 0 radical (unpaired) electrons. The van der Waals surface area contributed by atoms with E-state index in [1.54, 1.807) is 43.5 Å². The van der Waals surface area contributed by atoms with Crippen molar-refractivity contribution in [1.82, 2.24) is 15.0 Å². The van der Waals surface area contributed by atoms with E-state index in [9.17, 15) is 18.0 Å². The number of halogens is 3. The molecule has 172 valence electrons. The van der Waals surface area contributed by atoms with Gasteiger partial charge in [0.05, 0.1) is 5.56 Å². The quantitative estimate of drug-likeness (QED) is 0.327. The van der Waals surface area contributed by atoms with Crippen LogP contribution < -0.4 is 16.0 Å². The molecule has 4 aromatic rings. The summed E-state index contributed by atoms with van der Waals surface area (Å²) in [6.07, 6.45) is -2.85. The standard InChI is InChI=1S/C24H19F3N6O/c1-15-29-21(14-22(30-15)33-20-7-2-3-12-28-20)31-18-8-10-19(11-9-18)32-23(34)16-5-4-6-17(13-16)24(25,26)27/h2-14H,1H3,(H,32,34)(H2,28,29,30,31,33). The Bertz CT molecular complexity index is 1290. The van der Waals surface area contributed by atoms with Crippen LogP contribution in [0.15, 0.2) is 79.0 Å². The first kappa shape index (κ1) is 22.7. The van der Waals surface area contributed by atoms with Crippen LogP contribution in [0.2, 0.25) is 0 Å². The Morgan fingerprint density at radius 1 is 0.794 bits per heavy atom. The molecule has 4 rings (SSSR count). The SMILES string of the molecule is Cc1nc(Nc2ccc(NC(=O)c3cccc(C(F)(F)F)c3)cc2)cc(Nc2ccccn2)n1. The Morgan fingerprint density at radius 2 is 1.50 bits per heavy atom. The highest BCUT2D eigenvalue weighted by molar-refractivity contribution is 6.04. The molecule has 7 nitrogen and oxygen atoms in total.